The summed E-state index contributed by atoms with van der Waals surface area (Å²) < 4.78 is 19.9. The summed E-state index contributed by atoms with van der Waals surface area (Å²) >= 11 is 1.21. The first-order chi connectivity index (χ1) is 16.6. The highest BCUT2D eigenvalue weighted by atomic mass is 32.2. The van der Waals surface area contributed by atoms with Gasteiger partial charge in [0.05, 0.1) is 6.26 Å². The molecule has 3 rings (SSSR count). The maximum Gasteiger partial charge on any atom is 0.404 e. The van der Waals surface area contributed by atoms with Crippen LogP contribution in [-0.2, 0) is 38.2 Å². The van der Waals surface area contributed by atoms with Crippen LogP contribution in [0.4, 0.5) is 4.79 Å². The van der Waals surface area contributed by atoms with Gasteiger partial charge in [-0.25, -0.2) is 9.59 Å². The average Bonchev–Trinajstić information content (AvgIpc) is 3.32. The summed E-state index contributed by atoms with van der Waals surface area (Å²) in [4.78, 5) is 66.7. The third-order valence-corrected chi connectivity index (χ3v) is 6.01. The molecule has 188 valence electrons. The fourth-order valence-electron chi connectivity index (χ4n) is 3.32. The topological polar surface area (TPSA) is 189 Å². The van der Waals surface area contributed by atoms with Crippen molar-refractivity contribution in [3.05, 3.63) is 35.4 Å². The van der Waals surface area contributed by atoms with E-state index >= 15 is 0 Å². The molecule has 0 unspecified atom stereocenters. The number of rotatable bonds is 9. The summed E-state index contributed by atoms with van der Waals surface area (Å²) in [6.07, 6.45) is -0.976. The molecular weight excluding hydrogens is 488 g/mol. The van der Waals surface area contributed by atoms with E-state index in [2.05, 4.69) is 10.5 Å². The third kappa shape index (κ3) is 5.74. The van der Waals surface area contributed by atoms with Gasteiger partial charge < -0.3 is 34.5 Å². The highest BCUT2D eigenvalue weighted by Crippen LogP contribution is 2.41. The molecule has 0 saturated carbocycles. The van der Waals surface area contributed by atoms with E-state index in [0.29, 0.717) is 0 Å². The lowest BCUT2D eigenvalue weighted by molar-refractivity contribution is -0.182. The molecule has 2 aliphatic rings. The molecule has 2 aliphatic heterocycles. The van der Waals surface area contributed by atoms with Gasteiger partial charge in [-0.3, -0.25) is 19.3 Å². The number of nitrogens with one attached hydrogen (secondary N) is 1. The average molecular weight is 510 g/mol. The van der Waals surface area contributed by atoms with Crippen LogP contribution in [0.2, 0.25) is 0 Å². The lowest BCUT2D eigenvalue weighted by Gasteiger charge is -2.49. The van der Waals surface area contributed by atoms with E-state index in [4.69, 9.17) is 29.2 Å². The van der Waals surface area contributed by atoms with Crippen molar-refractivity contribution in [2.24, 2.45) is 10.9 Å². The molecule has 1 saturated heterocycles. The second-order valence-corrected chi connectivity index (χ2v) is 8.21. The fourth-order valence-corrected chi connectivity index (χ4v) is 4.65. The molecule has 0 bridgehead atoms. The van der Waals surface area contributed by atoms with E-state index in [1.165, 1.54) is 38.1 Å². The molecule has 0 aromatic carbocycles. The summed E-state index contributed by atoms with van der Waals surface area (Å²) in [5.74, 6) is -2.75. The van der Waals surface area contributed by atoms with Gasteiger partial charge in [0.25, 0.3) is 11.8 Å². The summed E-state index contributed by atoms with van der Waals surface area (Å²) in [7, 11) is 1.25. The van der Waals surface area contributed by atoms with Gasteiger partial charge in [0.1, 0.15) is 30.8 Å². The summed E-state index contributed by atoms with van der Waals surface area (Å²) in [6, 6.07) is 2.03. The molecule has 3 heterocycles. The van der Waals surface area contributed by atoms with E-state index in [1.54, 1.807) is 6.07 Å². The number of nitrogens with two attached hydrogens (primary N) is 1. The molecule has 1 aromatic heterocycles. The molecule has 1 aromatic rings. The fraction of sp³-hybridized carbons (Fsp3) is 0.400. The van der Waals surface area contributed by atoms with Gasteiger partial charge in [-0.15, -0.1) is 11.8 Å². The van der Waals surface area contributed by atoms with Crippen LogP contribution in [-0.4, -0.2) is 77.6 Å². The van der Waals surface area contributed by atoms with Crippen molar-refractivity contribution >= 4 is 47.3 Å². The normalized spacial score (nSPS) is 20.3. The van der Waals surface area contributed by atoms with E-state index in [0.717, 1.165) is 11.8 Å². The molecule has 14 nitrogen and oxygen atoms in total. The van der Waals surface area contributed by atoms with E-state index in [1.807, 2.05) is 0 Å². The minimum absolute atomic E-state index is 0.124. The molecular formula is C20H22N4O10S. The number of β-lactam (4-membered cyclic amide) rings is 1. The van der Waals surface area contributed by atoms with Gasteiger partial charge in [-0.05, 0) is 12.1 Å². The Bertz CT molecular complexity index is 1080. The van der Waals surface area contributed by atoms with Gasteiger partial charge in [-0.2, -0.15) is 0 Å². The second-order valence-electron chi connectivity index (χ2n) is 7.10. The monoisotopic (exact) mass is 510 g/mol. The predicted molar refractivity (Wildman–Crippen MR) is 117 cm³/mol. The van der Waals surface area contributed by atoms with Gasteiger partial charge in [0.15, 0.2) is 5.76 Å². The van der Waals surface area contributed by atoms with Crippen LogP contribution < -0.4 is 11.1 Å². The molecule has 15 heteroatoms. The maximum absolute atomic E-state index is 13.0. The first-order valence-electron chi connectivity index (χ1n) is 10.1. The Morgan fingerprint density at radius 1 is 1.34 bits per heavy atom. The number of ether oxygens (including phenoxy) is 3. The Hall–Kier alpha value is -4.01. The van der Waals surface area contributed by atoms with Gasteiger partial charge in [0.2, 0.25) is 12.0 Å². The number of oxime groups is 1. The summed E-state index contributed by atoms with van der Waals surface area (Å²) in [6.45, 7) is 2.09. The Morgan fingerprint density at radius 2 is 2.09 bits per heavy atom. The number of furan rings is 1. The van der Waals surface area contributed by atoms with Crippen molar-refractivity contribution in [2.75, 3.05) is 19.5 Å². The zero-order valence-electron chi connectivity index (χ0n) is 18.8. The summed E-state index contributed by atoms with van der Waals surface area (Å²) in [5.41, 5.74) is 4.89. The number of esters is 2. The number of amides is 3. The lowest BCUT2D eigenvalue weighted by atomic mass is 10.0. The molecule has 3 amide bonds. The summed E-state index contributed by atoms with van der Waals surface area (Å²) in [5, 5.41) is 5.53. The Morgan fingerprint density at radius 3 is 2.69 bits per heavy atom. The zero-order chi connectivity index (χ0) is 25.7. The number of hydrogen-bond donors (Lipinski definition) is 2. The molecule has 1 fully saturated rings. The largest absolute Gasteiger partial charge is 0.462 e. The number of hydrogen-bond acceptors (Lipinski definition) is 12. The predicted octanol–water partition coefficient (Wildman–Crippen LogP) is -0.168. The number of carbonyl (C=O) groups is 5. The highest BCUT2D eigenvalue weighted by molar-refractivity contribution is 8.00. The molecule has 0 spiro atoms. The number of primary amides is 1. The smallest absolute Gasteiger partial charge is 0.404 e. The van der Waals surface area contributed by atoms with Crippen LogP contribution >= 0.6 is 11.8 Å². The first-order valence-corrected chi connectivity index (χ1v) is 11.1. The third-order valence-electron chi connectivity index (χ3n) is 4.67. The van der Waals surface area contributed by atoms with Crippen LogP contribution in [0.5, 0.6) is 0 Å². The van der Waals surface area contributed by atoms with Crippen molar-refractivity contribution in [3.8, 4) is 0 Å². The van der Waals surface area contributed by atoms with Crippen LogP contribution in [0, 0.1) is 0 Å². The van der Waals surface area contributed by atoms with Crippen molar-refractivity contribution < 1.29 is 47.4 Å². The van der Waals surface area contributed by atoms with Crippen molar-refractivity contribution in [2.45, 2.75) is 31.6 Å². The lowest BCUT2D eigenvalue weighted by Crippen LogP contribution is -2.71. The SMILES string of the molecule is CON=C(C(=O)N[C@H]1C(=O)N2C(C(=O)O[C@@H](C)OC(C)=O)=C(COC(N)=O)CS[C@H]12)c1ccco1. The molecule has 0 aliphatic carbocycles. The van der Waals surface area contributed by atoms with Crippen LogP contribution in [0.3, 0.4) is 0 Å². The Labute approximate surface area is 202 Å². The van der Waals surface area contributed by atoms with Gasteiger partial charge in [0, 0.05) is 25.2 Å². The van der Waals surface area contributed by atoms with Crippen molar-refractivity contribution in [1.82, 2.24) is 10.2 Å². The highest BCUT2D eigenvalue weighted by Gasteiger charge is 2.55. The van der Waals surface area contributed by atoms with Gasteiger partial charge >= 0.3 is 18.0 Å². The number of thioether (sulfide) groups is 1. The van der Waals surface area contributed by atoms with Crippen LogP contribution in [0.1, 0.15) is 19.6 Å². The Kier molecular flexibility index (Phi) is 8.01. The maximum atomic E-state index is 13.0. The minimum Gasteiger partial charge on any atom is -0.462 e. The molecule has 3 N–H and O–H groups in total. The molecule has 3 atom stereocenters. The molecule has 35 heavy (non-hydrogen) atoms. The van der Waals surface area contributed by atoms with E-state index in [-0.39, 0.29) is 35.1 Å². The van der Waals surface area contributed by atoms with Crippen molar-refractivity contribution in [3.63, 3.8) is 0 Å². The Balaban J connectivity index is 1.80. The zero-order valence-corrected chi connectivity index (χ0v) is 19.7. The first kappa shape index (κ1) is 25.6. The number of carbonyl (C=O) groups excluding carboxylic acids is 5. The quantitative estimate of drug-likeness (QED) is 0.147. The van der Waals surface area contributed by atoms with Gasteiger partial charge in [-0.1, -0.05) is 5.16 Å². The van der Waals surface area contributed by atoms with Crippen LogP contribution in [0.25, 0.3) is 0 Å². The van der Waals surface area contributed by atoms with E-state index in [9.17, 15) is 24.0 Å². The minimum atomic E-state index is -1.24. The standard InChI is InChI=1S/C20H22N4O10S/c1-9(25)33-10(2)34-19(28)15-11(7-32-20(21)29)8-35-18-14(17(27)24(15)18)22-16(26)13(23-30-3)12-5-4-6-31-12/h4-6,10,14,18H,7-8H2,1-3H3,(H2,21,29)(H,22,26)/t10-,14-,18+/m0/s1. The second kappa shape index (κ2) is 10.9. The number of nitrogens with zero attached hydrogens (tertiary/aromatic N) is 2. The number of fused-ring (bicyclic) bond motifs is 1. The van der Waals surface area contributed by atoms with E-state index < -0.39 is 47.6 Å². The van der Waals surface area contributed by atoms with Crippen molar-refractivity contribution in [1.29, 1.82) is 0 Å². The van der Waals surface area contributed by atoms with Crippen LogP contribution in [0.15, 0.2) is 39.2 Å². The molecule has 0 radical (unpaired) electrons.